The third kappa shape index (κ3) is 1.91. The van der Waals surface area contributed by atoms with Crippen molar-refractivity contribution < 1.29 is 4.79 Å². The first-order chi connectivity index (χ1) is 8.34. The zero-order chi connectivity index (χ0) is 11.7. The van der Waals surface area contributed by atoms with Gasteiger partial charge in [0.15, 0.2) is 5.17 Å². The zero-order valence-electron chi connectivity index (χ0n) is 9.04. The van der Waals surface area contributed by atoms with E-state index in [4.69, 9.17) is 0 Å². The number of carbonyl (C=O) groups excluding carboxylic acids is 1. The minimum Gasteiger partial charge on any atom is -0.269 e. The predicted molar refractivity (Wildman–Crippen MR) is 70.3 cm³/mol. The van der Waals surface area contributed by atoms with Crippen molar-refractivity contribution >= 4 is 28.9 Å². The van der Waals surface area contributed by atoms with Gasteiger partial charge in [-0.1, -0.05) is 42.1 Å². The van der Waals surface area contributed by atoms with E-state index in [1.165, 1.54) is 11.8 Å². The van der Waals surface area contributed by atoms with Crippen molar-refractivity contribution in [3.8, 4) is 0 Å². The van der Waals surface area contributed by atoms with Crippen LogP contribution < -0.4 is 0 Å². The molecule has 3 rings (SSSR count). The number of hydrogen-bond donors (Lipinski definition) is 0. The van der Waals surface area contributed by atoms with Gasteiger partial charge in [-0.15, -0.1) is 0 Å². The van der Waals surface area contributed by atoms with Gasteiger partial charge < -0.3 is 0 Å². The number of thioether (sulfide) groups is 1. The summed E-state index contributed by atoms with van der Waals surface area (Å²) >= 11 is 1.49. The monoisotopic (exact) mass is 242 g/mol. The van der Waals surface area contributed by atoms with Crippen molar-refractivity contribution in [1.82, 2.24) is 4.90 Å². The average molecular weight is 242 g/mol. The summed E-state index contributed by atoms with van der Waals surface area (Å²) in [4.78, 5) is 18.1. The molecule has 2 aliphatic rings. The van der Waals surface area contributed by atoms with Crippen molar-refractivity contribution in [2.45, 2.75) is 0 Å². The lowest BCUT2D eigenvalue weighted by Crippen LogP contribution is -2.33. The molecule has 0 saturated carbocycles. The summed E-state index contributed by atoms with van der Waals surface area (Å²) in [5.74, 6) is 0.0279. The Labute approximate surface area is 104 Å². The van der Waals surface area contributed by atoms with Gasteiger partial charge in [0.05, 0.1) is 6.54 Å². The number of aliphatic imine (C=N–C) groups is 1. The molecule has 4 heteroatoms. The lowest BCUT2D eigenvalue weighted by atomic mass is 10.1. The Morgan fingerprint density at radius 2 is 2.12 bits per heavy atom. The SMILES string of the molecule is O=C1/C(=C/c2ccccc2)CN=C2SC=CN12. The molecule has 0 aromatic heterocycles. The van der Waals surface area contributed by atoms with Crippen molar-refractivity contribution in [2.24, 2.45) is 4.99 Å². The molecule has 84 valence electrons. The van der Waals surface area contributed by atoms with Crippen LogP contribution in [-0.2, 0) is 4.79 Å². The number of amides is 1. The van der Waals surface area contributed by atoms with Crippen LogP contribution in [0.25, 0.3) is 6.08 Å². The standard InChI is InChI=1S/C13H10N2OS/c16-12-11(8-10-4-2-1-3-5-10)9-14-13-15(12)6-7-17-13/h1-8H,9H2/b11-8+. The minimum absolute atomic E-state index is 0.0279. The molecule has 0 saturated heterocycles. The number of amidine groups is 1. The highest BCUT2D eigenvalue weighted by Gasteiger charge is 2.28. The highest BCUT2D eigenvalue weighted by Crippen LogP contribution is 2.26. The normalized spacial score (nSPS) is 20.7. The average Bonchev–Trinajstić information content (AvgIpc) is 2.83. The topological polar surface area (TPSA) is 32.7 Å². The van der Waals surface area contributed by atoms with Crippen molar-refractivity contribution in [2.75, 3.05) is 6.54 Å². The van der Waals surface area contributed by atoms with Crippen LogP contribution in [0.2, 0.25) is 0 Å². The Kier molecular flexibility index (Phi) is 2.57. The molecule has 0 bridgehead atoms. The summed E-state index contributed by atoms with van der Waals surface area (Å²) in [6.07, 6.45) is 3.67. The predicted octanol–water partition coefficient (Wildman–Crippen LogP) is 2.49. The third-order valence-corrected chi connectivity index (χ3v) is 3.40. The van der Waals surface area contributed by atoms with Crippen molar-refractivity contribution in [3.05, 3.63) is 53.1 Å². The van der Waals surface area contributed by atoms with E-state index in [9.17, 15) is 4.79 Å². The van der Waals surface area contributed by atoms with Crippen molar-refractivity contribution in [1.29, 1.82) is 0 Å². The molecule has 1 aromatic rings. The van der Waals surface area contributed by atoms with E-state index in [1.54, 1.807) is 11.1 Å². The summed E-state index contributed by atoms with van der Waals surface area (Å²) in [6, 6.07) is 9.84. The lowest BCUT2D eigenvalue weighted by Gasteiger charge is -2.20. The fraction of sp³-hybridized carbons (Fsp3) is 0.0769. The number of nitrogens with zero attached hydrogens (tertiary/aromatic N) is 2. The molecule has 0 fully saturated rings. The van der Waals surface area contributed by atoms with Crippen LogP contribution in [0.3, 0.4) is 0 Å². The molecule has 1 amide bonds. The summed E-state index contributed by atoms with van der Waals surface area (Å²) < 4.78 is 0. The smallest absolute Gasteiger partial charge is 0.261 e. The van der Waals surface area contributed by atoms with Crippen LogP contribution in [-0.4, -0.2) is 22.5 Å². The maximum absolute atomic E-state index is 12.1. The van der Waals surface area contributed by atoms with Crippen LogP contribution in [0, 0.1) is 0 Å². The molecular weight excluding hydrogens is 232 g/mol. The first-order valence-corrected chi connectivity index (χ1v) is 6.19. The fourth-order valence-electron chi connectivity index (χ4n) is 1.77. The van der Waals surface area contributed by atoms with Gasteiger partial charge in [-0.2, -0.15) is 0 Å². The summed E-state index contributed by atoms with van der Waals surface area (Å²) in [6.45, 7) is 0.467. The largest absolute Gasteiger partial charge is 0.269 e. The van der Waals surface area contributed by atoms with Gasteiger partial charge in [0.25, 0.3) is 5.91 Å². The van der Waals surface area contributed by atoms with E-state index < -0.39 is 0 Å². The number of rotatable bonds is 1. The van der Waals surface area contributed by atoms with E-state index in [1.807, 2.05) is 41.8 Å². The Bertz CT molecular complexity index is 546. The van der Waals surface area contributed by atoms with Crippen LogP contribution in [0.1, 0.15) is 5.56 Å². The van der Waals surface area contributed by atoms with Crippen LogP contribution in [0.5, 0.6) is 0 Å². The lowest BCUT2D eigenvalue weighted by molar-refractivity contribution is -0.121. The summed E-state index contributed by atoms with van der Waals surface area (Å²) in [5.41, 5.74) is 1.76. The van der Waals surface area contributed by atoms with Crippen LogP contribution in [0.15, 0.2) is 52.5 Å². The Hall–Kier alpha value is -1.81. The van der Waals surface area contributed by atoms with Gasteiger partial charge in [0.1, 0.15) is 0 Å². The molecule has 2 heterocycles. The van der Waals surface area contributed by atoms with Gasteiger partial charge in [0, 0.05) is 11.8 Å². The molecule has 3 nitrogen and oxygen atoms in total. The van der Waals surface area contributed by atoms with Gasteiger partial charge in [-0.25, -0.2) is 0 Å². The number of benzene rings is 1. The maximum Gasteiger partial charge on any atom is 0.261 e. The van der Waals surface area contributed by atoms with Crippen LogP contribution in [0.4, 0.5) is 0 Å². The van der Waals surface area contributed by atoms with Gasteiger partial charge in [0.2, 0.25) is 0 Å². The van der Waals surface area contributed by atoms with Crippen molar-refractivity contribution in [3.63, 3.8) is 0 Å². The van der Waals surface area contributed by atoms with Crippen LogP contribution >= 0.6 is 11.8 Å². The molecule has 0 atom stereocenters. The number of carbonyl (C=O) groups is 1. The zero-order valence-corrected chi connectivity index (χ0v) is 9.85. The summed E-state index contributed by atoms with van der Waals surface area (Å²) in [5, 5.41) is 2.66. The molecule has 0 spiro atoms. The first-order valence-electron chi connectivity index (χ1n) is 5.31. The molecular formula is C13H10N2OS. The van der Waals surface area contributed by atoms with Gasteiger partial charge in [-0.3, -0.25) is 14.7 Å². The quantitative estimate of drug-likeness (QED) is 0.709. The Morgan fingerprint density at radius 1 is 1.29 bits per heavy atom. The fourth-order valence-corrected chi connectivity index (χ4v) is 2.47. The molecule has 17 heavy (non-hydrogen) atoms. The second-order valence-electron chi connectivity index (χ2n) is 3.76. The van der Waals surface area contributed by atoms with Gasteiger partial charge >= 0.3 is 0 Å². The highest BCUT2D eigenvalue weighted by molar-refractivity contribution is 8.16. The number of hydrogen-bond acceptors (Lipinski definition) is 3. The van der Waals surface area contributed by atoms with E-state index >= 15 is 0 Å². The van der Waals surface area contributed by atoms with E-state index in [-0.39, 0.29) is 5.91 Å². The second-order valence-corrected chi connectivity index (χ2v) is 4.63. The maximum atomic E-state index is 12.1. The molecule has 0 radical (unpaired) electrons. The third-order valence-electron chi connectivity index (χ3n) is 2.61. The molecule has 0 N–H and O–H groups in total. The van der Waals surface area contributed by atoms with E-state index in [0.29, 0.717) is 6.54 Å². The number of fused-ring (bicyclic) bond motifs is 1. The highest BCUT2D eigenvalue weighted by atomic mass is 32.2. The molecule has 1 aromatic carbocycles. The van der Waals surface area contributed by atoms with E-state index in [0.717, 1.165) is 16.3 Å². The molecule has 0 aliphatic carbocycles. The second kappa shape index (κ2) is 4.22. The van der Waals surface area contributed by atoms with E-state index in [2.05, 4.69) is 4.99 Å². The molecule has 2 aliphatic heterocycles. The van der Waals surface area contributed by atoms with Gasteiger partial charge in [-0.05, 0) is 17.0 Å². The molecule has 0 unspecified atom stereocenters. The minimum atomic E-state index is 0.0279. The Morgan fingerprint density at radius 3 is 2.94 bits per heavy atom. The first kappa shape index (κ1) is 10.4. The Balaban J connectivity index is 1.93. The summed E-state index contributed by atoms with van der Waals surface area (Å²) in [7, 11) is 0.